The van der Waals surface area contributed by atoms with Gasteiger partial charge in [-0.15, -0.1) is 0 Å². The summed E-state index contributed by atoms with van der Waals surface area (Å²) in [6.07, 6.45) is 4.36. The maximum Gasteiger partial charge on any atom is 0.0762 e. The lowest BCUT2D eigenvalue weighted by atomic mass is 10.1. The lowest BCUT2D eigenvalue weighted by Gasteiger charge is -2.21. The smallest absolute Gasteiger partial charge is 0.0762 e. The van der Waals surface area contributed by atoms with Crippen LogP contribution in [-0.4, -0.2) is 29.0 Å². The third-order valence-corrected chi connectivity index (χ3v) is 3.83. The number of nitrogens with one attached hydrogen (secondary N) is 1. The number of rotatable bonds is 10. The Morgan fingerprint density at radius 3 is 2.50 bits per heavy atom. The van der Waals surface area contributed by atoms with E-state index in [2.05, 4.69) is 55.1 Å². The van der Waals surface area contributed by atoms with E-state index in [1.165, 1.54) is 0 Å². The molecule has 0 saturated carbocycles. The van der Waals surface area contributed by atoms with E-state index in [1.54, 1.807) is 0 Å². The number of aromatic nitrogens is 2. The summed E-state index contributed by atoms with van der Waals surface area (Å²) in [5, 5.41) is 8.23. The van der Waals surface area contributed by atoms with Gasteiger partial charge in [0.1, 0.15) is 0 Å². The van der Waals surface area contributed by atoms with Crippen LogP contribution in [0.2, 0.25) is 0 Å². The van der Waals surface area contributed by atoms with Gasteiger partial charge in [0.2, 0.25) is 0 Å². The number of hydrogen-bond donors (Lipinski definition) is 1. The Labute approximate surface area is 123 Å². The molecular formula is C16H31N3O. The molecule has 0 aliphatic heterocycles. The Kier molecular flexibility index (Phi) is 7.85. The molecule has 0 aliphatic carbocycles. The van der Waals surface area contributed by atoms with E-state index >= 15 is 0 Å². The summed E-state index contributed by atoms with van der Waals surface area (Å²) in [6.45, 7) is 13.3. The molecule has 1 aromatic rings. The Bertz CT molecular complexity index is 358. The molecular weight excluding hydrogens is 250 g/mol. The molecule has 0 saturated heterocycles. The number of ether oxygens (including phenoxy) is 1. The zero-order valence-electron chi connectivity index (χ0n) is 13.7. The summed E-state index contributed by atoms with van der Waals surface area (Å²) >= 11 is 0. The van der Waals surface area contributed by atoms with Crippen LogP contribution >= 0.6 is 0 Å². The molecule has 1 aromatic heterocycles. The highest BCUT2D eigenvalue weighted by molar-refractivity contribution is 5.00. The molecule has 116 valence electrons. The van der Waals surface area contributed by atoms with Gasteiger partial charge in [-0.1, -0.05) is 27.7 Å². The van der Waals surface area contributed by atoms with Crippen molar-refractivity contribution in [3.63, 3.8) is 0 Å². The lowest BCUT2D eigenvalue weighted by molar-refractivity contribution is 0.107. The summed E-state index contributed by atoms with van der Waals surface area (Å²) < 4.78 is 7.64. The molecule has 0 fully saturated rings. The van der Waals surface area contributed by atoms with Crippen molar-refractivity contribution >= 4 is 0 Å². The maximum atomic E-state index is 5.54. The van der Waals surface area contributed by atoms with Gasteiger partial charge in [-0.3, -0.25) is 4.68 Å². The number of hydrogen-bond acceptors (Lipinski definition) is 3. The monoisotopic (exact) mass is 281 g/mol. The molecule has 20 heavy (non-hydrogen) atoms. The molecule has 0 spiro atoms. The van der Waals surface area contributed by atoms with E-state index in [1.807, 2.05) is 6.92 Å². The van der Waals surface area contributed by atoms with Crippen LogP contribution in [0.5, 0.6) is 0 Å². The standard InChI is InChI=1S/C16H31N3O/c1-6-15(7-2)19-10-9-14(18-19)11-17-16(13(4)5)12-20-8-3/h9-10,13,15-17H,6-8,11-12H2,1-5H3. The first-order chi connectivity index (χ1) is 9.62. The van der Waals surface area contributed by atoms with Gasteiger partial charge in [-0.05, 0) is 31.7 Å². The molecule has 1 rings (SSSR count). The van der Waals surface area contributed by atoms with Crippen molar-refractivity contribution < 1.29 is 4.74 Å². The summed E-state index contributed by atoms with van der Waals surface area (Å²) in [5.74, 6) is 0.558. The van der Waals surface area contributed by atoms with Crippen molar-refractivity contribution in [3.8, 4) is 0 Å². The average Bonchev–Trinajstić information content (AvgIpc) is 2.88. The number of nitrogens with zero attached hydrogens (tertiary/aromatic N) is 2. The zero-order chi connectivity index (χ0) is 15.0. The highest BCUT2D eigenvalue weighted by Crippen LogP contribution is 2.14. The van der Waals surface area contributed by atoms with Crippen LogP contribution in [0.1, 0.15) is 59.2 Å². The van der Waals surface area contributed by atoms with Gasteiger partial charge in [-0.2, -0.15) is 5.10 Å². The first kappa shape index (κ1) is 17.2. The van der Waals surface area contributed by atoms with E-state index in [-0.39, 0.29) is 0 Å². The Morgan fingerprint density at radius 2 is 1.95 bits per heavy atom. The molecule has 1 N–H and O–H groups in total. The van der Waals surface area contributed by atoms with E-state index in [4.69, 9.17) is 4.74 Å². The Morgan fingerprint density at radius 1 is 1.25 bits per heavy atom. The fourth-order valence-electron chi connectivity index (χ4n) is 2.31. The fourth-order valence-corrected chi connectivity index (χ4v) is 2.31. The topological polar surface area (TPSA) is 39.1 Å². The maximum absolute atomic E-state index is 5.54. The molecule has 0 radical (unpaired) electrons. The summed E-state index contributed by atoms with van der Waals surface area (Å²) in [5.41, 5.74) is 1.11. The third kappa shape index (κ3) is 5.25. The molecule has 0 amide bonds. The Hall–Kier alpha value is -0.870. The van der Waals surface area contributed by atoms with Crippen LogP contribution in [0.15, 0.2) is 12.3 Å². The zero-order valence-corrected chi connectivity index (χ0v) is 13.7. The summed E-state index contributed by atoms with van der Waals surface area (Å²) in [7, 11) is 0. The van der Waals surface area contributed by atoms with Crippen LogP contribution in [-0.2, 0) is 11.3 Å². The van der Waals surface area contributed by atoms with Gasteiger partial charge >= 0.3 is 0 Å². The van der Waals surface area contributed by atoms with E-state index in [0.717, 1.165) is 38.3 Å². The largest absolute Gasteiger partial charge is 0.380 e. The summed E-state index contributed by atoms with van der Waals surface area (Å²) in [4.78, 5) is 0. The first-order valence-corrected chi connectivity index (χ1v) is 7.97. The minimum atomic E-state index is 0.383. The minimum absolute atomic E-state index is 0.383. The quantitative estimate of drug-likeness (QED) is 0.714. The molecule has 0 aliphatic rings. The second kappa shape index (κ2) is 9.14. The molecule has 0 aromatic carbocycles. The normalized spacial score (nSPS) is 13.3. The highest BCUT2D eigenvalue weighted by Gasteiger charge is 2.14. The predicted molar refractivity (Wildman–Crippen MR) is 83.8 cm³/mol. The van der Waals surface area contributed by atoms with E-state index < -0.39 is 0 Å². The van der Waals surface area contributed by atoms with Crippen molar-refractivity contribution in [1.29, 1.82) is 0 Å². The van der Waals surface area contributed by atoms with Crippen molar-refractivity contribution in [2.75, 3.05) is 13.2 Å². The van der Waals surface area contributed by atoms with Crippen molar-refractivity contribution in [1.82, 2.24) is 15.1 Å². The highest BCUT2D eigenvalue weighted by atomic mass is 16.5. The predicted octanol–water partition coefficient (Wildman–Crippen LogP) is 3.39. The molecule has 1 unspecified atom stereocenters. The molecule has 1 atom stereocenters. The van der Waals surface area contributed by atoms with Crippen LogP contribution < -0.4 is 5.32 Å². The van der Waals surface area contributed by atoms with E-state index in [0.29, 0.717) is 18.0 Å². The van der Waals surface area contributed by atoms with Crippen LogP contribution in [0, 0.1) is 5.92 Å². The Balaban J connectivity index is 2.51. The molecule has 4 nitrogen and oxygen atoms in total. The third-order valence-electron chi connectivity index (χ3n) is 3.83. The van der Waals surface area contributed by atoms with Gasteiger partial charge in [-0.25, -0.2) is 0 Å². The van der Waals surface area contributed by atoms with Gasteiger partial charge in [0, 0.05) is 25.4 Å². The minimum Gasteiger partial charge on any atom is -0.380 e. The molecule has 1 heterocycles. The average molecular weight is 281 g/mol. The van der Waals surface area contributed by atoms with Crippen LogP contribution in [0.3, 0.4) is 0 Å². The van der Waals surface area contributed by atoms with E-state index in [9.17, 15) is 0 Å². The SMILES string of the molecule is CCOCC(NCc1ccn(C(CC)CC)n1)C(C)C. The fraction of sp³-hybridized carbons (Fsp3) is 0.812. The summed E-state index contributed by atoms with van der Waals surface area (Å²) in [6, 6.07) is 3.02. The lowest BCUT2D eigenvalue weighted by Crippen LogP contribution is -2.37. The second-order valence-corrected chi connectivity index (χ2v) is 5.65. The first-order valence-electron chi connectivity index (χ1n) is 7.97. The van der Waals surface area contributed by atoms with Gasteiger partial charge < -0.3 is 10.1 Å². The van der Waals surface area contributed by atoms with Crippen LogP contribution in [0.25, 0.3) is 0 Å². The van der Waals surface area contributed by atoms with Gasteiger partial charge in [0.05, 0.1) is 18.3 Å². The van der Waals surface area contributed by atoms with Crippen molar-refractivity contribution in [2.24, 2.45) is 5.92 Å². The molecule has 4 heteroatoms. The van der Waals surface area contributed by atoms with Gasteiger partial charge in [0.25, 0.3) is 0 Å². The van der Waals surface area contributed by atoms with Gasteiger partial charge in [0.15, 0.2) is 0 Å². The van der Waals surface area contributed by atoms with Crippen molar-refractivity contribution in [2.45, 2.75) is 66.1 Å². The van der Waals surface area contributed by atoms with Crippen molar-refractivity contribution in [3.05, 3.63) is 18.0 Å². The van der Waals surface area contributed by atoms with Crippen LogP contribution in [0.4, 0.5) is 0 Å². The molecule has 0 bridgehead atoms. The second-order valence-electron chi connectivity index (χ2n) is 5.65.